The first kappa shape index (κ1) is 17.5. The minimum atomic E-state index is -0.408. The molecule has 7 heteroatoms. The van der Waals surface area contributed by atoms with E-state index in [4.69, 9.17) is 10.6 Å². The zero-order valence-corrected chi connectivity index (χ0v) is 15.1. The van der Waals surface area contributed by atoms with Crippen LogP contribution in [0.1, 0.15) is 15.9 Å². The van der Waals surface area contributed by atoms with Crippen LogP contribution in [0.5, 0.6) is 5.75 Å². The SMILES string of the molecule is NN=Cc1ccc2cc(OC(=O)c3ccc(NC4=NCCN4)cc3)ccc2c1. The maximum absolute atomic E-state index is 12.4. The molecule has 0 fully saturated rings. The van der Waals surface area contributed by atoms with Crippen molar-refractivity contribution in [3.05, 3.63) is 71.8 Å². The normalized spacial score (nSPS) is 13.4. The number of carbonyl (C=O) groups excluding carboxylic acids is 1. The maximum atomic E-state index is 12.4. The van der Waals surface area contributed by atoms with E-state index in [9.17, 15) is 4.79 Å². The number of guanidine groups is 1. The largest absolute Gasteiger partial charge is 0.423 e. The molecule has 0 saturated heterocycles. The molecule has 0 bridgehead atoms. The van der Waals surface area contributed by atoms with E-state index in [1.165, 1.54) is 0 Å². The minimum Gasteiger partial charge on any atom is -0.423 e. The van der Waals surface area contributed by atoms with Gasteiger partial charge in [0.2, 0.25) is 0 Å². The first-order valence-corrected chi connectivity index (χ1v) is 8.86. The van der Waals surface area contributed by atoms with E-state index in [1.54, 1.807) is 24.4 Å². The van der Waals surface area contributed by atoms with Crippen LogP contribution in [-0.4, -0.2) is 31.2 Å². The number of benzene rings is 3. The molecule has 0 radical (unpaired) electrons. The summed E-state index contributed by atoms with van der Waals surface area (Å²) in [7, 11) is 0. The van der Waals surface area contributed by atoms with Gasteiger partial charge in [-0.05, 0) is 58.8 Å². The molecule has 1 aliphatic heterocycles. The third kappa shape index (κ3) is 3.93. The molecule has 0 unspecified atom stereocenters. The highest BCUT2D eigenvalue weighted by Gasteiger charge is 2.10. The highest BCUT2D eigenvalue weighted by Crippen LogP contribution is 2.23. The van der Waals surface area contributed by atoms with Gasteiger partial charge in [-0.3, -0.25) is 4.99 Å². The van der Waals surface area contributed by atoms with Crippen LogP contribution in [0.25, 0.3) is 10.8 Å². The Hall–Kier alpha value is -3.87. The van der Waals surface area contributed by atoms with Crippen molar-refractivity contribution < 1.29 is 9.53 Å². The van der Waals surface area contributed by atoms with Crippen LogP contribution in [-0.2, 0) is 0 Å². The number of rotatable bonds is 4. The molecule has 140 valence electrons. The third-order valence-corrected chi connectivity index (χ3v) is 4.33. The van der Waals surface area contributed by atoms with Gasteiger partial charge >= 0.3 is 5.97 Å². The van der Waals surface area contributed by atoms with E-state index >= 15 is 0 Å². The topological polar surface area (TPSA) is 101 Å². The van der Waals surface area contributed by atoms with Crippen molar-refractivity contribution in [2.24, 2.45) is 15.9 Å². The van der Waals surface area contributed by atoms with Crippen molar-refractivity contribution in [3.8, 4) is 5.75 Å². The van der Waals surface area contributed by atoms with Gasteiger partial charge < -0.3 is 21.2 Å². The van der Waals surface area contributed by atoms with Crippen molar-refractivity contribution >= 4 is 34.6 Å². The van der Waals surface area contributed by atoms with Gasteiger partial charge in [0, 0.05) is 12.2 Å². The second-order valence-corrected chi connectivity index (χ2v) is 6.30. The number of nitrogens with zero attached hydrogens (tertiary/aromatic N) is 2. The smallest absolute Gasteiger partial charge is 0.343 e. The highest BCUT2D eigenvalue weighted by molar-refractivity contribution is 5.96. The van der Waals surface area contributed by atoms with Gasteiger partial charge in [-0.15, -0.1) is 0 Å². The molecular weight excluding hydrogens is 354 g/mol. The van der Waals surface area contributed by atoms with Gasteiger partial charge in [-0.2, -0.15) is 5.10 Å². The van der Waals surface area contributed by atoms with Gasteiger partial charge in [-0.25, -0.2) is 4.79 Å². The number of ether oxygens (including phenoxy) is 1. The van der Waals surface area contributed by atoms with Crippen LogP contribution in [0.15, 0.2) is 70.8 Å². The van der Waals surface area contributed by atoms with Gasteiger partial charge in [0.05, 0.1) is 18.3 Å². The van der Waals surface area contributed by atoms with Crippen molar-refractivity contribution in [2.45, 2.75) is 0 Å². The van der Waals surface area contributed by atoms with Gasteiger partial charge in [-0.1, -0.05) is 18.2 Å². The molecule has 0 atom stereocenters. The molecule has 3 aromatic carbocycles. The average Bonchev–Trinajstić information content (AvgIpc) is 3.22. The summed E-state index contributed by atoms with van der Waals surface area (Å²) < 4.78 is 5.52. The van der Waals surface area contributed by atoms with Crippen LogP contribution >= 0.6 is 0 Å². The monoisotopic (exact) mass is 373 g/mol. The number of carbonyl (C=O) groups is 1. The molecular formula is C21H19N5O2. The van der Waals surface area contributed by atoms with Crippen LogP contribution < -0.4 is 21.2 Å². The molecule has 0 spiro atoms. The predicted molar refractivity (Wildman–Crippen MR) is 111 cm³/mol. The lowest BCUT2D eigenvalue weighted by Crippen LogP contribution is -2.26. The lowest BCUT2D eigenvalue weighted by atomic mass is 10.1. The minimum absolute atomic E-state index is 0.408. The summed E-state index contributed by atoms with van der Waals surface area (Å²) in [5.41, 5.74) is 2.24. The average molecular weight is 373 g/mol. The molecule has 0 saturated carbocycles. The lowest BCUT2D eigenvalue weighted by Gasteiger charge is -2.08. The molecule has 3 aromatic rings. The number of anilines is 1. The number of aliphatic imine (C=N–C) groups is 1. The number of hydrogen-bond acceptors (Lipinski definition) is 7. The van der Waals surface area contributed by atoms with E-state index in [0.717, 1.165) is 41.1 Å². The van der Waals surface area contributed by atoms with E-state index in [-0.39, 0.29) is 0 Å². The number of esters is 1. The fourth-order valence-electron chi connectivity index (χ4n) is 2.95. The zero-order chi connectivity index (χ0) is 19.3. The Bertz CT molecular complexity index is 1070. The summed E-state index contributed by atoms with van der Waals surface area (Å²) in [6.07, 6.45) is 1.58. The molecule has 7 nitrogen and oxygen atoms in total. The van der Waals surface area contributed by atoms with Crippen LogP contribution in [0.4, 0.5) is 5.69 Å². The predicted octanol–water partition coefficient (Wildman–Crippen LogP) is 2.72. The van der Waals surface area contributed by atoms with Crippen LogP contribution in [0.3, 0.4) is 0 Å². The summed E-state index contributed by atoms with van der Waals surface area (Å²) in [5.74, 6) is 6.01. The Morgan fingerprint density at radius 3 is 2.64 bits per heavy atom. The molecule has 1 heterocycles. The molecule has 0 aromatic heterocycles. The van der Waals surface area contributed by atoms with Crippen molar-refractivity contribution in [2.75, 3.05) is 18.4 Å². The number of hydrogen-bond donors (Lipinski definition) is 3. The van der Waals surface area contributed by atoms with Crippen molar-refractivity contribution in [3.63, 3.8) is 0 Å². The summed E-state index contributed by atoms with van der Waals surface area (Å²) in [4.78, 5) is 16.7. The maximum Gasteiger partial charge on any atom is 0.343 e. The number of hydrazone groups is 1. The molecule has 4 rings (SSSR count). The first-order valence-electron chi connectivity index (χ1n) is 8.86. The first-order chi connectivity index (χ1) is 13.7. The second-order valence-electron chi connectivity index (χ2n) is 6.30. The Morgan fingerprint density at radius 1 is 1.11 bits per heavy atom. The molecule has 1 aliphatic rings. The Balaban J connectivity index is 1.45. The lowest BCUT2D eigenvalue weighted by molar-refractivity contribution is 0.0735. The Kier molecular flexibility index (Phi) is 4.88. The quantitative estimate of drug-likeness (QED) is 0.215. The number of fused-ring (bicyclic) bond motifs is 1. The highest BCUT2D eigenvalue weighted by atomic mass is 16.5. The van der Waals surface area contributed by atoms with Crippen molar-refractivity contribution in [1.29, 1.82) is 0 Å². The zero-order valence-electron chi connectivity index (χ0n) is 15.1. The summed E-state index contributed by atoms with van der Waals surface area (Å²) >= 11 is 0. The second kappa shape index (κ2) is 7.79. The van der Waals surface area contributed by atoms with E-state index in [2.05, 4.69) is 20.7 Å². The Labute approximate surface area is 161 Å². The van der Waals surface area contributed by atoms with Gasteiger partial charge in [0.1, 0.15) is 5.75 Å². The number of nitrogens with two attached hydrogens (primary N) is 1. The molecule has 28 heavy (non-hydrogen) atoms. The van der Waals surface area contributed by atoms with Gasteiger partial charge in [0.15, 0.2) is 5.96 Å². The van der Waals surface area contributed by atoms with E-state index in [0.29, 0.717) is 11.3 Å². The van der Waals surface area contributed by atoms with E-state index < -0.39 is 5.97 Å². The van der Waals surface area contributed by atoms with Gasteiger partial charge in [0.25, 0.3) is 0 Å². The Morgan fingerprint density at radius 2 is 1.89 bits per heavy atom. The standard InChI is InChI=1S/C21H19N5O2/c22-25-13-14-1-2-17-12-19(8-5-16(17)11-14)28-20(27)15-3-6-18(7-4-15)26-21-23-9-10-24-21/h1-8,11-13H,9-10,22H2,(H2,23,24,26). The number of nitrogens with one attached hydrogen (secondary N) is 2. The summed E-state index contributed by atoms with van der Waals surface area (Å²) in [6, 6.07) is 18.4. The third-order valence-electron chi connectivity index (χ3n) is 4.33. The van der Waals surface area contributed by atoms with Crippen molar-refractivity contribution in [1.82, 2.24) is 5.32 Å². The van der Waals surface area contributed by atoms with E-state index in [1.807, 2.05) is 42.5 Å². The summed E-state index contributed by atoms with van der Waals surface area (Å²) in [5, 5.41) is 11.8. The molecule has 0 amide bonds. The van der Waals surface area contributed by atoms with Crippen LogP contribution in [0, 0.1) is 0 Å². The molecule has 0 aliphatic carbocycles. The molecule has 4 N–H and O–H groups in total. The summed E-state index contributed by atoms with van der Waals surface area (Å²) in [6.45, 7) is 1.60. The fourth-order valence-corrected chi connectivity index (χ4v) is 2.95. The van der Waals surface area contributed by atoms with Crippen LogP contribution in [0.2, 0.25) is 0 Å². The fraction of sp³-hybridized carbons (Fsp3) is 0.0952.